The molecule has 0 spiro atoms. The predicted molar refractivity (Wildman–Crippen MR) is 69.3 cm³/mol. The summed E-state index contributed by atoms with van der Waals surface area (Å²) >= 11 is 0. The van der Waals surface area contributed by atoms with E-state index in [1.165, 1.54) is 0 Å². The van der Waals surface area contributed by atoms with Crippen molar-refractivity contribution in [3.8, 4) is 11.8 Å². The molecule has 86 valence electrons. The number of hydrogen-bond acceptors (Lipinski definition) is 2. The molecule has 0 aliphatic carbocycles. The summed E-state index contributed by atoms with van der Waals surface area (Å²) < 4.78 is 0. The van der Waals surface area contributed by atoms with Gasteiger partial charge in [0.15, 0.2) is 0 Å². The Morgan fingerprint density at radius 3 is 2.56 bits per heavy atom. The maximum atomic E-state index is 3.32. The molecule has 0 saturated heterocycles. The molecule has 2 nitrogen and oxygen atoms in total. The molecule has 0 bridgehead atoms. The normalized spacial score (nSPS) is 12.0. The van der Waals surface area contributed by atoms with Crippen LogP contribution in [0.15, 0.2) is 30.3 Å². The second kappa shape index (κ2) is 7.05. The van der Waals surface area contributed by atoms with E-state index in [4.69, 9.17) is 0 Å². The fourth-order valence-corrected chi connectivity index (χ4v) is 1.19. The topological polar surface area (TPSA) is 15.3 Å². The SMILES string of the molecule is CC(CNCC#Cc1ccccc1)N(C)C. The van der Waals surface area contributed by atoms with Crippen LogP contribution in [0.3, 0.4) is 0 Å². The van der Waals surface area contributed by atoms with Gasteiger partial charge in [-0.2, -0.15) is 0 Å². The predicted octanol–water partition coefficient (Wildman–Crippen LogP) is 1.58. The number of benzene rings is 1. The van der Waals surface area contributed by atoms with Crippen LogP contribution in [0.2, 0.25) is 0 Å². The summed E-state index contributed by atoms with van der Waals surface area (Å²) in [6, 6.07) is 10.6. The van der Waals surface area contributed by atoms with Crippen molar-refractivity contribution in [1.82, 2.24) is 10.2 Å². The number of rotatable bonds is 4. The zero-order valence-electron chi connectivity index (χ0n) is 10.3. The Kier molecular flexibility index (Phi) is 5.63. The van der Waals surface area contributed by atoms with Crippen molar-refractivity contribution in [2.75, 3.05) is 27.2 Å². The van der Waals surface area contributed by atoms with Crippen LogP contribution in [-0.4, -0.2) is 38.1 Å². The molecule has 0 aliphatic rings. The molecule has 0 heterocycles. The summed E-state index contributed by atoms with van der Waals surface area (Å²) in [6.45, 7) is 3.90. The first kappa shape index (κ1) is 12.8. The Hall–Kier alpha value is -1.30. The average Bonchev–Trinajstić information content (AvgIpc) is 2.29. The summed E-state index contributed by atoms with van der Waals surface area (Å²) in [6.07, 6.45) is 0. The minimum atomic E-state index is 0.540. The van der Waals surface area contributed by atoms with Gasteiger partial charge < -0.3 is 10.2 Å². The number of hydrogen-bond donors (Lipinski definition) is 1. The second-order valence-electron chi connectivity index (χ2n) is 4.11. The third-order valence-corrected chi connectivity index (χ3v) is 2.54. The van der Waals surface area contributed by atoms with Crippen molar-refractivity contribution in [2.24, 2.45) is 0 Å². The van der Waals surface area contributed by atoms with E-state index in [0.29, 0.717) is 6.04 Å². The minimum Gasteiger partial charge on any atom is -0.305 e. The molecule has 1 N–H and O–H groups in total. The van der Waals surface area contributed by atoms with Crippen molar-refractivity contribution >= 4 is 0 Å². The molecule has 0 amide bonds. The zero-order chi connectivity index (χ0) is 11.8. The van der Waals surface area contributed by atoms with Crippen LogP contribution >= 0.6 is 0 Å². The van der Waals surface area contributed by atoms with Gasteiger partial charge in [0, 0.05) is 18.2 Å². The van der Waals surface area contributed by atoms with Crippen LogP contribution in [0, 0.1) is 11.8 Å². The van der Waals surface area contributed by atoms with Crippen LogP contribution in [-0.2, 0) is 0 Å². The quantitative estimate of drug-likeness (QED) is 0.607. The van der Waals surface area contributed by atoms with E-state index in [0.717, 1.165) is 18.7 Å². The summed E-state index contributed by atoms with van der Waals surface area (Å²) in [5, 5.41) is 3.32. The molecule has 1 rings (SSSR count). The van der Waals surface area contributed by atoms with Crippen molar-refractivity contribution < 1.29 is 0 Å². The smallest absolute Gasteiger partial charge is 0.0580 e. The van der Waals surface area contributed by atoms with E-state index in [1.54, 1.807) is 0 Å². The number of nitrogens with one attached hydrogen (secondary N) is 1. The second-order valence-corrected chi connectivity index (χ2v) is 4.11. The van der Waals surface area contributed by atoms with Gasteiger partial charge in [-0.05, 0) is 33.2 Å². The lowest BCUT2D eigenvalue weighted by molar-refractivity contribution is 0.306. The summed E-state index contributed by atoms with van der Waals surface area (Å²) in [5.41, 5.74) is 1.07. The Morgan fingerprint density at radius 2 is 1.94 bits per heavy atom. The van der Waals surface area contributed by atoms with Crippen molar-refractivity contribution in [3.63, 3.8) is 0 Å². The van der Waals surface area contributed by atoms with Gasteiger partial charge in [0.2, 0.25) is 0 Å². The molecule has 1 aromatic carbocycles. The minimum absolute atomic E-state index is 0.540. The average molecular weight is 216 g/mol. The van der Waals surface area contributed by atoms with Gasteiger partial charge in [-0.25, -0.2) is 0 Å². The molecule has 0 aliphatic heterocycles. The highest BCUT2D eigenvalue weighted by Crippen LogP contribution is 1.94. The molecule has 2 heteroatoms. The first-order valence-electron chi connectivity index (χ1n) is 5.61. The molecule has 0 radical (unpaired) electrons. The van der Waals surface area contributed by atoms with Gasteiger partial charge >= 0.3 is 0 Å². The highest BCUT2D eigenvalue weighted by atomic mass is 15.1. The maximum absolute atomic E-state index is 3.32. The van der Waals surface area contributed by atoms with Crippen molar-refractivity contribution in [1.29, 1.82) is 0 Å². The van der Waals surface area contributed by atoms with E-state index in [-0.39, 0.29) is 0 Å². The largest absolute Gasteiger partial charge is 0.305 e. The first-order chi connectivity index (χ1) is 7.70. The van der Waals surface area contributed by atoms with Gasteiger partial charge in [0.1, 0.15) is 0 Å². The van der Waals surface area contributed by atoms with Crippen LogP contribution in [0.25, 0.3) is 0 Å². The summed E-state index contributed by atoms with van der Waals surface area (Å²) in [7, 11) is 4.17. The highest BCUT2D eigenvalue weighted by molar-refractivity contribution is 5.33. The Morgan fingerprint density at radius 1 is 1.25 bits per heavy atom. The molecule has 0 saturated carbocycles. The third-order valence-electron chi connectivity index (χ3n) is 2.54. The van der Waals surface area contributed by atoms with Crippen LogP contribution < -0.4 is 5.32 Å². The first-order valence-corrected chi connectivity index (χ1v) is 5.61. The Labute approximate surface area is 98.7 Å². The lowest BCUT2D eigenvalue weighted by Gasteiger charge is -2.19. The molecule has 16 heavy (non-hydrogen) atoms. The Balaban J connectivity index is 2.24. The van der Waals surface area contributed by atoms with E-state index in [1.807, 2.05) is 30.3 Å². The van der Waals surface area contributed by atoms with E-state index in [2.05, 4.69) is 43.1 Å². The van der Waals surface area contributed by atoms with Crippen LogP contribution in [0.5, 0.6) is 0 Å². The summed E-state index contributed by atoms with van der Waals surface area (Å²) in [4.78, 5) is 2.19. The Bertz CT molecular complexity index is 346. The zero-order valence-corrected chi connectivity index (χ0v) is 10.3. The standard InChI is InChI=1S/C14H20N2/c1-13(16(2)3)12-15-11-7-10-14-8-5-4-6-9-14/h4-6,8-9,13,15H,11-12H2,1-3H3. The molecule has 1 atom stereocenters. The molecule has 1 unspecified atom stereocenters. The summed E-state index contributed by atoms with van der Waals surface area (Å²) in [5.74, 6) is 6.24. The fourth-order valence-electron chi connectivity index (χ4n) is 1.19. The maximum Gasteiger partial charge on any atom is 0.0580 e. The van der Waals surface area contributed by atoms with Crippen molar-refractivity contribution in [3.05, 3.63) is 35.9 Å². The van der Waals surface area contributed by atoms with Gasteiger partial charge in [0.25, 0.3) is 0 Å². The third kappa shape index (κ3) is 4.97. The molecule has 0 fully saturated rings. The van der Waals surface area contributed by atoms with E-state index < -0.39 is 0 Å². The number of nitrogens with zero attached hydrogens (tertiary/aromatic N) is 1. The van der Waals surface area contributed by atoms with Gasteiger partial charge in [-0.3, -0.25) is 0 Å². The van der Waals surface area contributed by atoms with Crippen LogP contribution in [0.4, 0.5) is 0 Å². The van der Waals surface area contributed by atoms with Gasteiger partial charge in [-0.15, -0.1) is 0 Å². The monoisotopic (exact) mass is 216 g/mol. The molecule has 0 aromatic heterocycles. The van der Waals surface area contributed by atoms with E-state index >= 15 is 0 Å². The van der Waals surface area contributed by atoms with Gasteiger partial charge in [-0.1, -0.05) is 30.0 Å². The van der Waals surface area contributed by atoms with Crippen molar-refractivity contribution in [2.45, 2.75) is 13.0 Å². The molecule has 1 aromatic rings. The molecular formula is C14H20N2. The lowest BCUT2D eigenvalue weighted by atomic mass is 10.2. The van der Waals surface area contributed by atoms with Crippen LogP contribution in [0.1, 0.15) is 12.5 Å². The highest BCUT2D eigenvalue weighted by Gasteiger charge is 2.01. The lowest BCUT2D eigenvalue weighted by Crippen LogP contribution is -2.35. The van der Waals surface area contributed by atoms with E-state index in [9.17, 15) is 0 Å². The van der Waals surface area contributed by atoms with Gasteiger partial charge in [0.05, 0.1) is 6.54 Å². The molecular weight excluding hydrogens is 196 g/mol. The fraction of sp³-hybridized carbons (Fsp3) is 0.429. The number of likely N-dealkylation sites (N-methyl/N-ethyl adjacent to an activating group) is 1.